The molecule has 0 N–H and O–H groups in total. The molecule has 17 heavy (non-hydrogen) atoms. The second kappa shape index (κ2) is 6.04. The summed E-state index contributed by atoms with van der Waals surface area (Å²) < 4.78 is 2.20. The molecule has 0 atom stereocenters. The van der Waals surface area contributed by atoms with Gasteiger partial charge < -0.3 is 4.57 Å². The van der Waals surface area contributed by atoms with Crippen LogP contribution in [0.2, 0.25) is 0 Å². The van der Waals surface area contributed by atoms with E-state index in [0.717, 1.165) is 6.54 Å². The Morgan fingerprint density at radius 3 is 2.76 bits per heavy atom. The van der Waals surface area contributed by atoms with Crippen LogP contribution in [0.15, 0.2) is 42.9 Å². The second-order valence-corrected chi connectivity index (χ2v) is 4.11. The Kier molecular flexibility index (Phi) is 4.14. The Hall–Kier alpha value is -1.83. The Labute approximate surface area is 103 Å². The van der Waals surface area contributed by atoms with E-state index < -0.39 is 0 Å². The number of benzene rings is 1. The molecule has 0 radical (unpaired) electrons. The molecule has 0 saturated heterocycles. The minimum absolute atomic E-state index is 1.05. The summed E-state index contributed by atoms with van der Waals surface area (Å²) in [5.41, 5.74) is 2.39. The first-order valence-corrected chi connectivity index (χ1v) is 6.13. The van der Waals surface area contributed by atoms with Crippen LogP contribution >= 0.6 is 0 Å². The van der Waals surface area contributed by atoms with Gasteiger partial charge in [0, 0.05) is 6.54 Å². The van der Waals surface area contributed by atoms with Crippen molar-refractivity contribution in [2.24, 2.45) is 0 Å². The van der Waals surface area contributed by atoms with E-state index in [-0.39, 0.29) is 0 Å². The third-order valence-electron chi connectivity index (χ3n) is 2.74. The topological polar surface area (TPSA) is 17.8 Å². The average molecular weight is 226 g/mol. The largest absolute Gasteiger partial charge is 0.331 e. The van der Waals surface area contributed by atoms with Crippen molar-refractivity contribution in [1.82, 2.24) is 9.55 Å². The number of aromatic nitrogens is 2. The molecule has 0 unspecified atom stereocenters. The molecular weight excluding hydrogens is 208 g/mol. The summed E-state index contributed by atoms with van der Waals surface area (Å²) >= 11 is 0. The zero-order valence-electron chi connectivity index (χ0n) is 10.2. The van der Waals surface area contributed by atoms with Gasteiger partial charge in [-0.3, -0.25) is 0 Å². The summed E-state index contributed by atoms with van der Waals surface area (Å²) in [7, 11) is 0. The Morgan fingerprint density at radius 2 is 2.00 bits per heavy atom. The Bertz CT molecular complexity index is 469. The van der Waals surface area contributed by atoms with Crippen LogP contribution in [0.4, 0.5) is 0 Å². The van der Waals surface area contributed by atoms with Crippen LogP contribution < -0.4 is 0 Å². The third kappa shape index (κ3) is 3.31. The highest BCUT2D eigenvalue weighted by atomic mass is 15.0. The average Bonchev–Trinajstić information content (AvgIpc) is 2.82. The van der Waals surface area contributed by atoms with Crippen molar-refractivity contribution in [2.75, 3.05) is 0 Å². The molecule has 0 fully saturated rings. The van der Waals surface area contributed by atoms with Gasteiger partial charge in [-0.15, -0.1) is 0 Å². The van der Waals surface area contributed by atoms with Crippen molar-refractivity contribution in [1.29, 1.82) is 0 Å². The molecule has 0 aliphatic rings. The zero-order valence-corrected chi connectivity index (χ0v) is 10.2. The number of rotatable bonds is 5. The molecule has 1 heterocycles. The van der Waals surface area contributed by atoms with Crippen molar-refractivity contribution < 1.29 is 0 Å². The quantitative estimate of drug-likeness (QED) is 0.757. The van der Waals surface area contributed by atoms with Crippen LogP contribution in [0.1, 0.15) is 31.0 Å². The van der Waals surface area contributed by atoms with Gasteiger partial charge in [-0.1, -0.05) is 49.8 Å². The molecule has 0 amide bonds. The second-order valence-electron chi connectivity index (χ2n) is 4.11. The summed E-state index contributed by atoms with van der Waals surface area (Å²) in [6.45, 7) is 3.25. The molecule has 2 heteroatoms. The molecule has 2 nitrogen and oxygen atoms in total. The first kappa shape index (κ1) is 11.6. The number of hydrogen-bond donors (Lipinski definition) is 0. The molecule has 1 aromatic heterocycles. The molecule has 0 bridgehead atoms. The van der Waals surface area contributed by atoms with Gasteiger partial charge in [-0.2, -0.15) is 0 Å². The number of nitrogens with zero attached hydrogens (tertiary/aromatic N) is 2. The van der Waals surface area contributed by atoms with Gasteiger partial charge in [0.1, 0.15) is 0 Å². The van der Waals surface area contributed by atoms with Crippen LogP contribution in [0.3, 0.4) is 0 Å². The predicted octanol–water partition coefficient (Wildman–Crippen LogP) is 3.85. The Balaban J connectivity index is 2.08. The van der Waals surface area contributed by atoms with Gasteiger partial charge in [-0.25, -0.2) is 4.98 Å². The maximum absolute atomic E-state index is 4.20. The van der Waals surface area contributed by atoms with E-state index >= 15 is 0 Å². The first-order chi connectivity index (χ1) is 8.40. The predicted molar refractivity (Wildman–Crippen MR) is 72.5 cm³/mol. The summed E-state index contributed by atoms with van der Waals surface area (Å²) in [4.78, 5) is 4.20. The zero-order chi connectivity index (χ0) is 11.9. The lowest BCUT2D eigenvalue weighted by Crippen LogP contribution is -1.97. The monoisotopic (exact) mass is 226 g/mol. The minimum Gasteiger partial charge on any atom is -0.331 e. The lowest BCUT2D eigenvalue weighted by Gasteiger charge is -2.03. The van der Waals surface area contributed by atoms with E-state index in [1.54, 1.807) is 0 Å². The fourth-order valence-electron chi connectivity index (χ4n) is 1.73. The molecular formula is C15H18N2. The van der Waals surface area contributed by atoms with Crippen molar-refractivity contribution >= 4 is 12.2 Å². The molecule has 1 aromatic carbocycles. The third-order valence-corrected chi connectivity index (χ3v) is 2.74. The van der Waals surface area contributed by atoms with Crippen LogP contribution in [-0.2, 0) is 6.54 Å². The highest BCUT2D eigenvalue weighted by Crippen LogP contribution is 2.08. The molecule has 2 aromatic rings. The Morgan fingerprint density at radius 1 is 1.18 bits per heavy atom. The van der Waals surface area contributed by atoms with E-state index in [1.165, 1.54) is 24.1 Å². The molecule has 88 valence electrons. The van der Waals surface area contributed by atoms with Gasteiger partial charge in [0.2, 0.25) is 0 Å². The highest BCUT2D eigenvalue weighted by Gasteiger charge is 1.97. The van der Waals surface area contributed by atoms with Gasteiger partial charge in [-0.05, 0) is 18.1 Å². The van der Waals surface area contributed by atoms with E-state index in [0.29, 0.717) is 0 Å². The molecule has 0 saturated carbocycles. The first-order valence-electron chi connectivity index (χ1n) is 6.13. The van der Waals surface area contributed by atoms with Crippen molar-refractivity contribution in [3.05, 3.63) is 54.1 Å². The van der Waals surface area contributed by atoms with Crippen LogP contribution in [-0.4, -0.2) is 9.55 Å². The molecule has 0 aliphatic heterocycles. The summed E-state index contributed by atoms with van der Waals surface area (Å²) in [6.07, 6.45) is 10.5. The number of aryl methyl sites for hydroxylation is 1. The molecule has 2 rings (SSSR count). The van der Waals surface area contributed by atoms with E-state index in [2.05, 4.69) is 40.8 Å². The standard InChI is InChI=1S/C15H18N2/c1-2-3-11-17-13-16-12-15(17)10-9-14-7-5-4-6-8-14/h4-10,12-13H,2-3,11H2,1H3. The van der Waals surface area contributed by atoms with Gasteiger partial charge in [0.25, 0.3) is 0 Å². The SMILES string of the molecule is CCCCn1cncc1C=Cc1ccccc1. The molecule has 0 aliphatic carbocycles. The normalized spacial score (nSPS) is 11.1. The van der Waals surface area contributed by atoms with E-state index in [9.17, 15) is 0 Å². The summed E-state index contributed by atoms with van der Waals surface area (Å²) in [5.74, 6) is 0. The van der Waals surface area contributed by atoms with Crippen molar-refractivity contribution in [3.63, 3.8) is 0 Å². The number of imidazole rings is 1. The van der Waals surface area contributed by atoms with Crippen LogP contribution in [0.5, 0.6) is 0 Å². The number of hydrogen-bond acceptors (Lipinski definition) is 1. The van der Waals surface area contributed by atoms with Gasteiger partial charge in [0.15, 0.2) is 0 Å². The number of unbranched alkanes of at least 4 members (excludes halogenated alkanes) is 1. The smallest absolute Gasteiger partial charge is 0.0950 e. The van der Waals surface area contributed by atoms with E-state index in [1.807, 2.05) is 30.7 Å². The van der Waals surface area contributed by atoms with Crippen LogP contribution in [0.25, 0.3) is 12.2 Å². The maximum atomic E-state index is 4.20. The van der Waals surface area contributed by atoms with Gasteiger partial charge >= 0.3 is 0 Å². The lowest BCUT2D eigenvalue weighted by atomic mass is 10.2. The summed E-state index contributed by atoms with van der Waals surface area (Å²) in [6, 6.07) is 10.3. The summed E-state index contributed by atoms with van der Waals surface area (Å²) in [5, 5.41) is 0. The maximum Gasteiger partial charge on any atom is 0.0950 e. The lowest BCUT2D eigenvalue weighted by molar-refractivity contribution is 0.628. The highest BCUT2D eigenvalue weighted by molar-refractivity contribution is 5.67. The molecule has 0 spiro atoms. The van der Waals surface area contributed by atoms with E-state index in [4.69, 9.17) is 0 Å². The van der Waals surface area contributed by atoms with Crippen molar-refractivity contribution in [2.45, 2.75) is 26.3 Å². The fraction of sp³-hybridized carbons (Fsp3) is 0.267. The van der Waals surface area contributed by atoms with Crippen LogP contribution in [0, 0.1) is 0 Å². The fourth-order valence-corrected chi connectivity index (χ4v) is 1.73. The minimum atomic E-state index is 1.05. The van der Waals surface area contributed by atoms with Crippen molar-refractivity contribution in [3.8, 4) is 0 Å². The van der Waals surface area contributed by atoms with Gasteiger partial charge in [0.05, 0.1) is 18.2 Å².